The number of benzene rings is 1. The van der Waals surface area contributed by atoms with E-state index in [1.165, 1.54) is 6.07 Å². The Morgan fingerprint density at radius 1 is 1.26 bits per heavy atom. The van der Waals surface area contributed by atoms with Crippen LogP contribution in [0, 0.1) is 0 Å². The number of hydrogen-bond donors (Lipinski definition) is 3. The standard InChI is InChI=1S/C13H15Cl2N3O4S/c14-8-1-2-11(10(15)5-8)18-12(19)6-16-13(20)17-9-3-4-23(21,22)7-9/h1-2,5,9H,3-4,6-7H2,(H,18,19)(H2,16,17,20). The molecule has 0 aromatic heterocycles. The summed E-state index contributed by atoms with van der Waals surface area (Å²) in [6.07, 6.45) is 0.377. The van der Waals surface area contributed by atoms with Gasteiger partial charge < -0.3 is 16.0 Å². The van der Waals surface area contributed by atoms with Gasteiger partial charge >= 0.3 is 6.03 Å². The number of amides is 3. The quantitative estimate of drug-likeness (QED) is 0.735. The summed E-state index contributed by atoms with van der Waals surface area (Å²) in [6, 6.07) is 3.59. The van der Waals surface area contributed by atoms with Crippen molar-refractivity contribution in [1.29, 1.82) is 0 Å². The molecule has 0 radical (unpaired) electrons. The summed E-state index contributed by atoms with van der Waals surface area (Å²) in [6.45, 7) is -0.274. The third kappa shape index (κ3) is 5.56. The van der Waals surface area contributed by atoms with E-state index in [1.807, 2.05) is 0 Å². The molecule has 2 rings (SSSR count). The lowest BCUT2D eigenvalue weighted by molar-refractivity contribution is -0.115. The van der Waals surface area contributed by atoms with E-state index in [1.54, 1.807) is 12.1 Å². The minimum atomic E-state index is -3.07. The van der Waals surface area contributed by atoms with Crippen molar-refractivity contribution in [3.05, 3.63) is 28.2 Å². The second kappa shape index (κ2) is 7.37. The second-order valence-corrected chi connectivity index (χ2v) is 8.17. The van der Waals surface area contributed by atoms with E-state index in [0.717, 1.165) is 0 Å². The highest BCUT2D eigenvalue weighted by Gasteiger charge is 2.28. The van der Waals surface area contributed by atoms with Gasteiger partial charge in [0.1, 0.15) is 0 Å². The number of anilines is 1. The van der Waals surface area contributed by atoms with E-state index in [0.29, 0.717) is 17.1 Å². The smallest absolute Gasteiger partial charge is 0.315 e. The largest absolute Gasteiger partial charge is 0.334 e. The number of rotatable bonds is 4. The van der Waals surface area contributed by atoms with Crippen molar-refractivity contribution in [3.8, 4) is 0 Å². The van der Waals surface area contributed by atoms with E-state index >= 15 is 0 Å². The lowest BCUT2D eigenvalue weighted by atomic mass is 10.3. The summed E-state index contributed by atoms with van der Waals surface area (Å²) in [4.78, 5) is 23.4. The van der Waals surface area contributed by atoms with Crippen LogP contribution in [0.25, 0.3) is 0 Å². The van der Waals surface area contributed by atoms with Crippen molar-refractivity contribution in [2.24, 2.45) is 0 Å². The van der Waals surface area contributed by atoms with Gasteiger partial charge in [0.25, 0.3) is 0 Å². The first kappa shape index (κ1) is 17.8. The Bertz CT molecular complexity index is 724. The van der Waals surface area contributed by atoms with Gasteiger partial charge in [-0.15, -0.1) is 0 Å². The van der Waals surface area contributed by atoms with Gasteiger partial charge in [0, 0.05) is 11.1 Å². The summed E-state index contributed by atoms with van der Waals surface area (Å²) in [5.74, 6) is -0.482. The molecule has 1 atom stereocenters. The molecule has 0 spiro atoms. The molecular weight excluding hydrogens is 365 g/mol. The number of halogens is 2. The lowest BCUT2D eigenvalue weighted by Gasteiger charge is -2.12. The molecule has 23 heavy (non-hydrogen) atoms. The molecule has 1 aliphatic rings. The molecule has 1 aromatic carbocycles. The minimum Gasteiger partial charge on any atom is -0.334 e. The van der Waals surface area contributed by atoms with Gasteiger partial charge in [0.15, 0.2) is 9.84 Å². The number of sulfone groups is 1. The van der Waals surface area contributed by atoms with Gasteiger partial charge in [-0.3, -0.25) is 4.79 Å². The molecule has 1 aromatic rings. The Morgan fingerprint density at radius 3 is 2.61 bits per heavy atom. The Hall–Kier alpha value is -1.51. The normalized spacial score (nSPS) is 19.1. The van der Waals surface area contributed by atoms with Crippen LogP contribution in [0.5, 0.6) is 0 Å². The number of hydrogen-bond acceptors (Lipinski definition) is 4. The van der Waals surface area contributed by atoms with Crippen LogP contribution in [-0.4, -0.2) is 44.4 Å². The molecule has 1 heterocycles. The molecule has 0 aliphatic carbocycles. The van der Waals surface area contributed by atoms with Crippen molar-refractivity contribution in [2.75, 3.05) is 23.4 Å². The molecule has 7 nitrogen and oxygen atoms in total. The predicted octanol–water partition coefficient (Wildman–Crippen LogP) is 1.42. The Labute approximate surface area is 143 Å². The molecule has 1 unspecified atom stereocenters. The highest BCUT2D eigenvalue weighted by molar-refractivity contribution is 7.91. The predicted molar refractivity (Wildman–Crippen MR) is 88.7 cm³/mol. The highest BCUT2D eigenvalue weighted by atomic mass is 35.5. The molecule has 1 aliphatic heterocycles. The first-order chi connectivity index (χ1) is 10.7. The maximum Gasteiger partial charge on any atom is 0.315 e. The number of carbonyl (C=O) groups is 2. The third-order valence-corrected chi connectivity index (χ3v) is 5.50. The molecular formula is C13H15Cl2N3O4S. The number of carbonyl (C=O) groups excluding carboxylic acids is 2. The zero-order valence-electron chi connectivity index (χ0n) is 11.9. The Balaban J connectivity index is 1.77. The molecule has 10 heteroatoms. The summed E-state index contributed by atoms with van der Waals surface area (Å²) in [5.41, 5.74) is 0.380. The Morgan fingerprint density at radius 2 is 2.00 bits per heavy atom. The summed E-state index contributed by atoms with van der Waals surface area (Å²) in [5, 5.41) is 8.14. The number of nitrogens with one attached hydrogen (secondary N) is 3. The second-order valence-electron chi connectivity index (χ2n) is 5.10. The summed E-state index contributed by atoms with van der Waals surface area (Å²) < 4.78 is 22.6. The van der Waals surface area contributed by atoms with E-state index < -0.39 is 27.8 Å². The highest BCUT2D eigenvalue weighted by Crippen LogP contribution is 2.25. The van der Waals surface area contributed by atoms with Crippen molar-refractivity contribution in [2.45, 2.75) is 12.5 Å². The fourth-order valence-corrected chi connectivity index (χ4v) is 4.22. The van der Waals surface area contributed by atoms with Gasteiger partial charge in [0.05, 0.1) is 28.8 Å². The first-order valence-electron chi connectivity index (χ1n) is 6.75. The summed E-state index contributed by atoms with van der Waals surface area (Å²) in [7, 11) is -3.07. The van der Waals surface area contributed by atoms with Crippen LogP contribution in [-0.2, 0) is 14.6 Å². The zero-order chi connectivity index (χ0) is 17.0. The zero-order valence-corrected chi connectivity index (χ0v) is 14.3. The van der Waals surface area contributed by atoms with Crippen LogP contribution in [0.3, 0.4) is 0 Å². The first-order valence-corrected chi connectivity index (χ1v) is 9.32. The molecule has 1 saturated heterocycles. The molecule has 0 saturated carbocycles. The SMILES string of the molecule is O=C(CNC(=O)NC1CCS(=O)(=O)C1)Nc1ccc(Cl)cc1Cl. The van der Waals surface area contributed by atoms with E-state index in [2.05, 4.69) is 16.0 Å². The van der Waals surface area contributed by atoms with E-state index in [-0.39, 0.29) is 23.1 Å². The van der Waals surface area contributed by atoms with Crippen LogP contribution in [0.2, 0.25) is 10.0 Å². The minimum absolute atomic E-state index is 0.0630. The average molecular weight is 380 g/mol. The van der Waals surface area contributed by atoms with Crippen LogP contribution in [0.1, 0.15) is 6.42 Å². The molecule has 1 fully saturated rings. The fraction of sp³-hybridized carbons (Fsp3) is 0.385. The van der Waals surface area contributed by atoms with Gasteiger partial charge in [-0.05, 0) is 24.6 Å². The topological polar surface area (TPSA) is 104 Å². The summed E-state index contributed by atoms with van der Waals surface area (Å²) >= 11 is 11.7. The van der Waals surface area contributed by atoms with E-state index in [9.17, 15) is 18.0 Å². The molecule has 126 valence electrons. The van der Waals surface area contributed by atoms with Crippen LogP contribution >= 0.6 is 23.2 Å². The maximum atomic E-state index is 11.8. The van der Waals surface area contributed by atoms with Crippen molar-refractivity contribution in [3.63, 3.8) is 0 Å². The van der Waals surface area contributed by atoms with Crippen molar-refractivity contribution < 1.29 is 18.0 Å². The van der Waals surface area contributed by atoms with Crippen molar-refractivity contribution in [1.82, 2.24) is 10.6 Å². The number of urea groups is 1. The average Bonchev–Trinajstić information content (AvgIpc) is 2.79. The van der Waals surface area contributed by atoms with Gasteiger partial charge in [0.2, 0.25) is 5.91 Å². The van der Waals surface area contributed by atoms with Crippen molar-refractivity contribution >= 4 is 50.7 Å². The van der Waals surface area contributed by atoms with Crippen LogP contribution < -0.4 is 16.0 Å². The van der Waals surface area contributed by atoms with Gasteiger partial charge in [-0.1, -0.05) is 23.2 Å². The van der Waals surface area contributed by atoms with Crippen LogP contribution in [0.4, 0.5) is 10.5 Å². The van der Waals surface area contributed by atoms with E-state index in [4.69, 9.17) is 23.2 Å². The van der Waals surface area contributed by atoms with Gasteiger partial charge in [-0.2, -0.15) is 0 Å². The molecule has 3 amide bonds. The van der Waals surface area contributed by atoms with Gasteiger partial charge in [-0.25, -0.2) is 13.2 Å². The fourth-order valence-electron chi connectivity index (χ4n) is 2.09. The maximum absolute atomic E-state index is 11.8. The molecule has 0 bridgehead atoms. The van der Waals surface area contributed by atoms with Crippen LogP contribution in [0.15, 0.2) is 18.2 Å². The monoisotopic (exact) mass is 379 g/mol. The molecule has 3 N–H and O–H groups in total. The Kier molecular flexibility index (Phi) is 5.72. The lowest BCUT2D eigenvalue weighted by Crippen LogP contribution is -2.45. The third-order valence-electron chi connectivity index (χ3n) is 3.18.